The number of benzene rings is 1. The van der Waals surface area contributed by atoms with E-state index in [9.17, 15) is 14.4 Å². The SMILES string of the molecule is C[C@]1(c2cc3ccccc3o2)NC(=O)N(CC(=O)Nc2ccnn2C2CCCC2)C1=O. The summed E-state index contributed by atoms with van der Waals surface area (Å²) in [5.74, 6) is -0.0913. The molecule has 4 amide bonds. The number of fused-ring (bicyclic) bond motifs is 1. The van der Waals surface area contributed by atoms with Crippen LogP contribution in [0, 0.1) is 0 Å². The Labute approximate surface area is 178 Å². The number of rotatable bonds is 5. The smallest absolute Gasteiger partial charge is 0.325 e. The number of urea groups is 1. The summed E-state index contributed by atoms with van der Waals surface area (Å²) in [6.07, 6.45) is 5.96. The van der Waals surface area contributed by atoms with Crippen molar-refractivity contribution in [3.8, 4) is 0 Å². The van der Waals surface area contributed by atoms with Crippen molar-refractivity contribution in [3.05, 3.63) is 48.4 Å². The summed E-state index contributed by atoms with van der Waals surface area (Å²) in [5, 5.41) is 10.6. The van der Waals surface area contributed by atoms with Crippen LogP contribution in [0.25, 0.3) is 11.0 Å². The van der Waals surface area contributed by atoms with Gasteiger partial charge < -0.3 is 15.1 Å². The van der Waals surface area contributed by atoms with Crippen LogP contribution >= 0.6 is 0 Å². The zero-order valence-corrected chi connectivity index (χ0v) is 17.1. The fourth-order valence-electron chi connectivity index (χ4n) is 4.41. The molecule has 9 heteroatoms. The van der Waals surface area contributed by atoms with Crippen LogP contribution in [0.15, 0.2) is 47.0 Å². The highest BCUT2D eigenvalue weighted by Crippen LogP contribution is 2.33. The summed E-state index contributed by atoms with van der Waals surface area (Å²) in [6, 6.07) is 10.4. The molecule has 3 heterocycles. The quantitative estimate of drug-likeness (QED) is 0.615. The summed E-state index contributed by atoms with van der Waals surface area (Å²) < 4.78 is 7.63. The molecule has 5 rings (SSSR count). The molecule has 2 fully saturated rings. The molecule has 9 nitrogen and oxygen atoms in total. The second-order valence-corrected chi connectivity index (χ2v) is 8.24. The largest absolute Gasteiger partial charge is 0.458 e. The van der Waals surface area contributed by atoms with Crippen LogP contribution in [0.2, 0.25) is 0 Å². The second kappa shape index (κ2) is 7.26. The first kappa shape index (κ1) is 19.3. The van der Waals surface area contributed by atoms with Crippen molar-refractivity contribution in [2.75, 3.05) is 11.9 Å². The van der Waals surface area contributed by atoms with Crippen LogP contribution in [0.4, 0.5) is 10.6 Å². The molecule has 0 bridgehead atoms. The molecule has 0 spiro atoms. The minimum atomic E-state index is -1.37. The number of amides is 4. The Morgan fingerprint density at radius 3 is 2.81 bits per heavy atom. The van der Waals surface area contributed by atoms with E-state index in [1.165, 1.54) is 0 Å². The standard InChI is InChI=1S/C22H23N5O4/c1-22(17-12-14-6-2-5-9-16(14)31-17)20(29)26(21(30)25-22)13-19(28)24-18-10-11-23-27(18)15-7-3-4-8-15/h2,5-6,9-12,15H,3-4,7-8,13H2,1H3,(H,24,28)(H,25,30)/t22-/m1/s1. The number of para-hydroxylation sites is 1. The minimum absolute atomic E-state index is 0.262. The number of anilines is 1. The third kappa shape index (κ3) is 3.26. The van der Waals surface area contributed by atoms with Gasteiger partial charge in [-0.05, 0) is 31.9 Å². The van der Waals surface area contributed by atoms with Gasteiger partial charge in [0.1, 0.15) is 23.7 Å². The van der Waals surface area contributed by atoms with E-state index in [1.54, 1.807) is 31.3 Å². The number of imide groups is 1. The van der Waals surface area contributed by atoms with Crippen LogP contribution in [0.5, 0.6) is 0 Å². The number of carbonyl (C=O) groups is 3. The van der Waals surface area contributed by atoms with Gasteiger partial charge in [0.15, 0.2) is 5.54 Å². The van der Waals surface area contributed by atoms with Crippen LogP contribution in [0.1, 0.15) is 44.4 Å². The van der Waals surface area contributed by atoms with Gasteiger partial charge in [0.05, 0.1) is 12.2 Å². The topological polar surface area (TPSA) is 109 Å². The lowest BCUT2D eigenvalue weighted by atomic mass is 9.99. The number of carbonyl (C=O) groups excluding carboxylic acids is 3. The normalized spacial score (nSPS) is 21.8. The molecule has 1 saturated carbocycles. The first-order valence-corrected chi connectivity index (χ1v) is 10.4. The fourth-order valence-corrected chi connectivity index (χ4v) is 4.41. The van der Waals surface area contributed by atoms with Gasteiger partial charge in [-0.25, -0.2) is 9.48 Å². The molecule has 1 aliphatic carbocycles. The minimum Gasteiger partial charge on any atom is -0.458 e. The van der Waals surface area contributed by atoms with Crippen molar-refractivity contribution in [3.63, 3.8) is 0 Å². The van der Waals surface area contributed by atoms with Crippen LogP contribution in [0.3, 0.4) is 0 Å². The van der Waals surface area contributed by atoms with E-state index in [4.69, 9.17) is 4.42 Å². The maximum absolute atomic E-state index is 13.1. The van der Waals surface area contributed by atoms with Gasteiger partial charge in [-0.1, -0.05) is 31.0 Å². The lowest BCUT2D eigenvalue weighted by molar-refractivity contribution is -0.134. The molecule has 31 heavy (non-hydrogen) atoms. The van der Waals surface area contributed by atoms with Gasteiger partial charge in [-0.2, -0.15) is 5.10 Å². The Morgan fingerprint density at radius 2 is 2.03 bits per heavy atom. The van der Waals surface area contributed by atoms with Crippen molar-refractivity contribution < 1.29 is 18.8 Å². The van der Waals surface area contributed by atoms with E-state index in [0.717, 1.165) is 36.0 Å². The fraction of sp³-hybridized carbons (Fsp3) is 0.364. The third-order valence-corrected chi connectivity index (χ3v) is 6.10. The Bertz CT molecular complexity index is 1140. The summed E-state index contributed by atoms with van der Waals surface area (Å²) in [4.78, 5) is 39.3. The van der Waals surface area contributed by atoms with Crippen LogP contribution < -0.4 is 10.6 Å². The molecule has 3 aromatic rings. The predicted octanol–water partition coefficient (Wildman–Crippen LogP) is 3.15. The molecular formula is C22H23N5O4. The van der Waals surface area contributed by atoms with Gasteiger partial charge >= 0.3 is 6.03 Å². The Morgan fingerprint density at radius 1 is 1.26 bits per heavy atom. The number of hydrogen-bond acceptors (Lipinski definition) is 5. The van der Waals surface area contributed by atoms with E-state index >= 15 is 0 Å². The highest BCUT2D eigenvalue weighted by molar-refractivity contribution is 6.10. The number of hydrogen-bond donors (Lipinski definition) is 2. The van der Waals surface area contributed by atoms with Crippen molar-refractivity contribution in [1.82, 2.24) is 20.0 Å². The monoisotopic (exact) mass is 421 g/mol. The Balaban J connectivity index is 1.32. The molecule has 2 aliphatic rings. The summed E-state index contributed by atoms with van der Waals surface area (Å²) in [7, 11) is 0. The lowest BCUT2D eigenvalue weighted by Crippen LogP contribution is -2.42. The van der Waals surface area contributed by atoms with E-state index in [1.807, 2.05) is 22.9 Å². The maximum atomic E-state index is 13.1. The molecule has 2 aromatic heterocycles. The second-order valence-electron chi connectivity index (χ2n) is 8.24. The summed E-state index contributed by atoms with van der Waals surface area (Å²) in [6.45, 7) is 1.19. The van der Waals surface area contributed by atoms with E-state index in [2.05, 4.69) is 15.7 Å². The van der Waals surface area contributed by atoms with Crippen LogP contribution in [-0.2, 0) is 15.1 Å². The molecule has 0 radical (unpaired) electrons. The van der Waals surface area contributed by atoms with Crippen molar-refractivity contribution in [1.29, 1.82) is 0 Å². The molecule has 160 valence electrons. The van der Waals surface area contributed by atoms with Gasteiger partial charge in [0.2, 0.25) is 5.91 Å². The first-order chi connectivity index (χ1) is 15.0. The molecule has 1 saturated heterocycles. The van der Waals surface area contributed by atoms with Crippen molar-refractivity contribution in [2.45, 2.75) is 44.2 Å². The molecule has 1 aromatic carbocycles. The maximum Gasteiger partial charge on any atom is 0.325 e. The van der Waals surface area contributed by atoms with Gasteiger partial charge in [-0.3, -0.25) is 14.5 Å². The van der Waals surface area contributed by atoms with E-state index in [0.29, 0.717) is 17.2 Å². The molecule has 2 N–H and O–H groups in total. The molecular weight excluding hydrogens is 398 g/mol. The van der Waals surface area contributed by atoms with Gasteiger partial charge in [0.25, 0.3) is 5.91 Å². The van der Waals surface area contributed by atoms with Crippen molar-refractivity contribution >= 4 is 34.6 Å². The average Bonchev–Trinajstić information content (AvgIpc) is 3.52. The average molecular weight is 421 g/mol. The first-order valence-electron chi connectivity index (χ1n) is 10.4. The zero-order chi connectivity index (χ0) is 21.6. The Kier molecular flexibility index (Phi) is 4.53. The number of nitrogens with one attached hydrogen (secondary N) is 2. The molecule has 1 aliphatic heterocycles. The summed E-state index contributed by atoms with van der Waals surface area (Å²) in [5.41, 5.74) is -0.751. The predicted molar refractivity (Wildman–Crippen MR) is 112 cm³/mol. The van der Waals surface area contributed by atoms with Crippen molar-refractivity contribution in [2.24, 2.45) is 0 Å². The summed E-state index contributed by atoms with van der Waals surface area (Å²) >= 11 is 0. The molecule has 0 unspecified atom stereocenters. The zero-order valence-electron chi connectivity index (χ0n) is 17.1. The van der Waals surface area contributed by atoms with E-state index < -0.39 is 29.9 Å². The number of furan rings is 1. The van der Waals surface area contributed by atoms with Crippen LogP contribution in [-0.4, -0.2) is 39.1 Å². The highest BCUT2D eigenvalue weighted by Gasteiger charge is 2.51. The number of aromatic nitrogens is 2. The van der Waals surface area contributed by atoms with Gasteiger partial charge in [0, 0.05) is 11.5 Å². The van der Waals surface area contributed by atoms with Gasteiger partial charge in [-0.15, -0.1) is 0 Å². The third-order valence-electron chi connectivity index (χ3n) is 6.10. The molecule has 1 atom stereocenters. The number of nitrogens with zero attached hydrogens (tertiary/aromatic N) is 3. The Hall–Kier alpha value is -3.62. The van der Waals surface area contributed by atoms with E-state index in [-0.39, 0.29) is 6.04 Å². The highest BCUT2D eigenvalue weighted by atomic mass is 16.3. The lowest BCUT2D eigenvalue weighted by Gasteiger charge is -2.19.